The third-order valence-electron chi connectivity index (χ3n) is 6.26. The van der Waals surface area contributed by atoms with Gasteiger partial charge in [-0.15, -0.1) is 24.0 Å². The molecular weight excluding hydrogens is 457 g/mol. The molecule has 0 bridgehead atoms. The molecule has 3 fully saturated rings. The van der Waals surface area contributed by atoms with Crippen molar-refractivity contribution in [2.24, 2.45) is 4.99 Å². The molecule has 158 valence electrons. The van der Waals surface area contributed by atoms with Gasteiger partial charge in [0.2, 0.25) is 0 Å². The molecule has 27 heavy (non-hydrogen) atoms. The Kier molecular flexibility index (Phi) is 9.54. The molecule has 1 unspecified atom stereocenters. The second-order valence-electron chi connectivity index (χ2n) is 7.94. The molecule has 0 aromatic carbocycles. The summed E-state index contributed by atoms with van der Waals surface area (Å²) >= 11 is 0. The van der Waals surface area contributed by atoms with Crippen molar-refractivity contribution < 1.29 is 9.47 Å². The zero-order valence-corrected chi connectivity index (χ0v) is 19.6. The maximum Gasteiger partial charge on any atom is 0.194 e. The second kappa shape index (κ2) is 11.1. The summed E-state index contributed by atoms with van der Waals surface area (Å²) in [5.41, 5.74) is 0.127. The quantitative estimate of drug-likeness (QED) is 0.350. The minimum atomic E-state index is 0. The molecule has 0 aliphatic carbocycles. The van der Waals surface area contributed by atoms with Gasteiger partial charge in [-0.1, -0.05) is 0 Å². The van der Waals surface area contributed by atoms with E-state index in [0.717, 1.165) is 84.5 Å². The largest absolute Gasteiger partial charge is 0.381 e. The van der Waals surface area contributed by atoms with Crippen molar-refractivity contribution in [1.82, 2.24) is 20.0 Å². The molecule has 3 aliphatic heterocycles. The van der Waals surface area contributed by atoms with Crippen molar-refractivity contribution in [3.63, 3.8) is 0 Å². The van der Waals surface area contributed by atoms with E-state index in [2.05, 4.69) is 41.0 Å². The molecule has 0 aromatic rings. The van der Waals surface area contributed by atoms with Gasteiger partial charge in [0.1, 0.15) is 0 Å². The summed E-state index contributed by atoms with van der Waals surface area (Å²) in [5.74, 6) is 1.08. The van der Waals surface area contributed by atoms with Crippen LogP contribution in [0.2, 0.25) is 0 Å². The van der Waals surface area contributed by atoms with Crippen LogP contribution in [0.1, 0.15) is 26.2 Å². The van der Waals surface area contributed by atoms with Gasteiger partial charge in [0.05, 0.1) is 19.8 Å². The maximum atomic E-state index is 5.59. The number of rotatable bonds is 5. The van der Waals surface area contributed by atoms with E-state index in [1.165, 1.54) is 6.42 Å². The lowest BCUT2D eigenvalue weighted by Gasteiger charge is -2.42. The molecule has 0 aromatic heterocycles. The number of nitrogens with zero attached hydrogens (tertiary/aromatic N) is 4. The van der Waals surface area contributed by atoms with Gasteiger partial charge in [0, 0.05) is 57.5 Å². The van der Waals surface area contributed by atoms with E-state index in [-0.39, 0.29) is 29.5 Å². The Labute approximate surface area is 181 Å². The molecule has 0 spiro atoms. The number of likely N-dealkylation sites (N-methyl/N-ethyl adjacent to an activating group) is 1. The summed E-state index contributed by atoms with van der Waals surface area (Å²) in [4.78, 5) is 12.5. The van der Waals surface area contributed by atoms with Crippen molar-refractivity contribution in [3.05, 3.63) is 0 Å². The van der Waals surface area contributed by atoms with E-state index in [1.807, 2.05) is 0 Å². The molecule has 3 saturated heterocycles. The third-order valence-corrected chi connectivity index (χ3v) is 6.26. The Hall–Kier alpha value is -0.160. The Morgan fingerprint density at radius 3 is 2.41 bits per heavy atom. The van der Waals surface area contributed by atoms with Gasteiger partial charge >= 0.3 is 0 Å². The van der Waals surface area contributed by atoms with E-state index >= 15 is 0 Å². The van der Waals surface area contributed by atoms with Gasteiger partial charge in [0.25, 0.3) is 0 Å². The van der Waals surface area contributed by atoms with Gasteiger partial charge in [-0.05, 0) is 40.3 Å². The fourth-order valence-corrected chi connectivity index (χ4v) is 4.32. The lowest BCUT2D eigenvalue weighted by molar-refractivity contribution is -0.00265. The summed E-state index contributed by atoms with van der Waals surface area (Å²) in [7, 11) is 4.36. The minimum absolute atomic E-state index is 0. The molecule has 8 heteroatoms. The van der Waals surface area contributed by atoms with Crippen molar-refractivity contribution in [2.45, 2.75) is 37.8 Å². The van der Waals surface area contributed by atoms with Crippen LogP contribution < -0.4 is 5.32 Å². The number of aliphatic imine (C=N–C) groups is 1. The van der Waals surface area contributed by atoms with Crippen LogP contribution in [0.4, 0.5) is 0 Å². The number of hydrogen-bond acceptors (Lipinski definition) is 5. The Balaban J connectivity index is 0.00000261. The van der Waals surface area contributed by atoms with Gasteiger partial charge in [0.15, 0.2) is 5.96 Å². The molecule has 1 N–H and O–H groups in total. The second-order valence-corrected chi connectivity index (χ2v) is 7.94. The van der Waals surface area contributed by atoms with Crippen molar-refractivity contribution in [2.75, 3.05) is 79.8 Å². The molecule has 7 nitrogen and oxygen atoms in total. The zero-order valence-electron chi connectivity index (χ0n) is 17.3. The lowest BCUT2D eigenvalue weighted by Crippen LogP contribution is -2.52. The normalized spacial score (nSPS) is 26.9. The standard InChI is InChI=1S/C19H37N5O2.HI/c1-4-20-18(21-16-19(22(2)3)6-11-25-12-7-19)24-8-5-17(15-24)23-9-13-26-14-10-23;/h17H,4-16H2,1-3H3,(H,20,21);1H. The summed E-state index contributed by atoms with van der Waals surface area (Å²) in [6.07, 6.45) is 3.33. The number of morpholine rings is 1. The van der Waals surface area contributed by atoms with Gasteiger partial charge < -0.3 is 24.6 Å². The van der Waals surface area contributed by atoms with E-state index in [1.54, 1.807) is 0 Å². The van der Waals surface area contributed by atoms with E-state index in [4.69, 9.17) is 14.5 Å². The van der Waals surface area contributed by atoms with Crippen LogP contribution in [0.15, 0.2) is 4.99 Å². The highest BCUT2D eigenvalue weighted by atomic mass is 127. The number of hydrogen-bond donors (Lipinski definition) is 1. The lowest BCUT2D eigenvalue weighted by atomic mass is 9.89. The first-order valence-electron chi connectivity index (χ1n) is 10.2. The SMILES string of the molecule is CCNC(=NCC1(N(C)C)CCOCC1)N1CCC(N2CCOCC2)C1.I. The van der Waals surface area contributed by atoms with Crippen LogP contribution in [-0.4, -0.2) is 112 Å². The highest BCUT2D eigenvalue weighted by Gasteiger charge is 2.35. The van der Waals surface area contributed by atoms with Crippen LogP contribution >= 0.6 is 24.0 Å². The smallest absolute Gasteiger partial charge is 0.194 e. The molecule has 3 rings (SSSR count). The number of nitrogens with one attached hydrogen (secondary N) is 1. The van der Waals surface area contributed by atoms with Gasteiger partial charge in [-0.25, -0.2) is 0 Å². The van der Waals surface area contributed by atoms with E-state index < -0.39 is 0 Å². The fraction of sp³-hybridized carbons (Fsp3) is 0.947. The predicted molar refractivity (Wildman–Crippen MR) is 120 cm³/mol. The molecule has 0 saturated carbocycles. The van der Waals surface area contributed by atoms with Crippen molar-refractivity contribution in [3.8, 4) is 0 Å². The molecule has 1 atom stereocenters. The van der Waals surface area contributed by atoms with Crippen molar-refractivity contribution in [1.29, 1.82) is 0 Å². The third kappa shape index (κ3) is 5.91. The van der Waals surface area contributed by atoms with Gasteiger partial charge in [-0.2, -0.15) is 0 Å². The first kappa shape index (κ1) is 23.1. The Morgan fingerprint density at radius 2 is 1.78 bits per heavy atom. The summed E-state index contributed by atoms with van der Waals surface area (Å²) < 4.78 is 11.1. The summed E-state index contributed by atoms with van der Waals surface area (Å²) in [6.45, 7) is 11.6. The summed E-state index contributed by atoms with van der Waals surface area (Å²) in [5, 5.41) is 3.53. The van der Waals surface area contributed by atoms with Crippen LogP contribution in [0.25, 0.3) is 0 Å². The summed E-state index contributed by atoms with van der Waals surface area (Å²) in [6, 6.07) is 0.633. The average Bonchev–Trinajstić information content (AvgIpc) is 3.16. The predicted octanol–water partition coefficient (Wildman–Crippen LogP) is 1.09. The number of halogens is 1. The minimum Gasteiger partial charge on any atom is -0.381 e. The number of likely N-dealkylation sites (tertiary alicyclic amines) is 1. The Bertz CT molecular complexity index is 465. The average molecular weight is 495 g/mol. The number of ether oxygens (including phenoxy) is 2. The van der Waals surface area contributed by atoms with Crippen LogP contribution in [-0.2, 0) is 9.47 Å². The van der Waals surface area contributed by atoms with Crippen LogP contribution in [0.5, 0.6) is 0 Å². The monoisotopic (exact) mass is 495 g/mol. The molecular formula is C19H38IN5O2. The Morgan fingerprint density at radius 1 is 1.11 bits per heavy atom. The maximum absolute atomic E-state index is 5.59. The molecule has 0 radical (unpaired) electrons. The fourth-order valence-electron chi connectivity index (χ4n) is 4.32. The van der Waals surface area contributed by atoms with E-state index in [9.17, 15) is 0 Å². The highest BCUT2D eigenvalue weighted by Crippen LogP contribution is 2.26. The first-order chi connectivity index (χ1) is 12.6. The van der Waals surface area contributed by atoms with Crippen molar-refractivity contribution >= 4 is 29.9 Å². The molecule has 3 heterocycles. The molecule has 0 amide bonds. The van der Waals surface area contributed by atoms with Crippen LogP contribution in [0, 0.1) is 0 Å². The number of guanidine groups is 1. The van der Waals surface area contributed by atoms with E-state index in [0.29, 0.717) is 6.04 Å². The highest BCUT2D eigenvalue weighted by molar-refractivity contribution is 14.0. The first-order valence-corrected chi connectivity index (χ1v) is 10.2. The van der Waals surface area contributed by atoms with Gasteiger partial charge in [-0.3, -0.25) is 9.89 Å². The molecule has 3 aliphatic rings. The van der Waals surface area contributed by atoms with Crippen LogP contribution in [0.3, 0.4) is 0 Å². The zero-order chi connectivity index (χ0) is 18.4. The topological polar surface area (TPSA) is 52.6 Å².